The summed E-state index contributed by atoms with van der Waals surface area (Å²) in [5.41, 5.74) is 2.09. The molecular weight excluding hydrogens is 303 g/mol. The fourth-order valence-corrected chi connectivity index (χ4v) is 2.97. The lowest BCUT2D eigenvalue weighted by Gasteiger charge is -2.07. The maximum absolute atomic E-state index is 13.2. The molecule has 0 unspecified atom stereocenters. The number of hydrogen-bond donors (Lipinski definition) is 1. The molecule has 2 aromatic carbocycles. The number of aromatic nitrogens is 1. The van der Waals surface area contributed by atoms with Crippen molar-refractivity contribution < 1.29 is 13.9 Å². The third kappa shape index (κ3) is 2.78. The SMILES string of the molecule is COc1cc(C(=O)Nc2nc3ccc(F)cc3s2)ccc1C. The molecule has 0 saturated heterocycles. The molecule has 0 bridgehead atoms. The van der Waals surface area contributed by atoms with Crippen LogP contribution in [0.25, 0.3) is 10.2 Å². The molecule has 3 aromatic rings. The molecule has 0 atom stereocenters. The van der Waals surface area contributed by atoms with Crippen LogP contribution < -0.4 is 10.1 Å². The zero-order valence-corrected chi connectivity index (χ0v) is 12.8. The van der Waals surface area contributed by atoms with Crippen LogP contribution in [0.15, 0.2) is 36.4 Å². The van der Waals surface area contributed by atoms with Crippen LogP contribution in [0.2, 0.25) is 0 Å². The molecule has 1 amide bonds. The predicted octanol–water partition coefficient (Wildman–Crippen LogP) is 4.00. The number of nitrogens with one attached hydrogen (secondary N) is 1. The summed E-state index contributed by atoms with van der Waals surface area (Å²) in [4.78, 5) is 16.5. The predicted molar refractivity (Wildman–Crippen MR) is 85.3 cm³/mol. The second kappa shape index (κ2) is 5.73. The molecule has 3 rings (SSSR count). The van der Waals surface area contributed by atoms with Crippen molar-refractivity contribution in [3.8, 4) is 5.75 Å². The number of halogens is 1. The van der Waals surface area contributed by atoms with Gasteiger partial charge in [-0.15, -0.1) is 0 Å². The number of hydrogen-bond acceptors (Lipinski definition) is 4. The average Bonchev–Trinajstić information content (AvgIpc) is 2.88. The van der Waals surface area contributed by atoms with Crippen LogP contribution in [-0.2, 0) is 0 Å². The van der Waals surface area contributed by atoms with E-state index in [1.54, 1.807) is 25.3 Å². The first-order valence-corrected chi connectivity index (χ1v) is 7.40. The Hall–Kier alpha value is -2.47. The zero-order chi connectivity index (χ0) is 15.7. The minimum Gasteiger partial charge on any atom is -0.496 e. The lowest BCUT2D eigenvalue weighted by Crippen LogP contribution is -2.11. The zero-order valence-electron chi connectivity index (χ0n) is 12.0. The van der Waals surface area contributed by atoms with Crippen LogP contribution in [0, 0.1) is 12.7 Å². The van der Waals surface area contributed by atoms with Crippen molar-refractivity contribution in [3.05, 3.63) is 53.3 Å². The summed E-state index contributed by atoms with van der Waals surface area (Å²) >= 11 is 1.23. The van der Waals surface area contributed by atoms with Crippen LogP contribution in [0.1, 0.15) is 15.9 Å². The Morgan fingerprint density at radius 2 is 2.09 bits per heavy atom. The smallest absolute Gasteiger partial charge is 0.257 e. The lowest BCUT2D eigenvalue weighted by atomic mass is 10.1. The van der Waals surface area contributed by atoms with Gasteiger partial charge in [-0.3, -0.25) is 10.1 Å². The molecule has 0 fully saturated rings. The van der Waals surface area contributed by atoms with E-state index in [9.17, 15) is 9.18 Å². The van der Waals surface area contributed by atoms with Gasteiger partial charge in [-0.1, -0.05) is 17.4 Å². The number of anilines is 1. The maximum Gasteiger partial charge on any atom is 0.257 e. The molecule has 1 heterocycles. The number of thiazole rings is 1. The maximum atomic E-state index is 13.2. The molecule has 1 aromatic heterocycles. The van der Waals surface area contributed by atoms with Crippen molar-refractivity contribution in [2.75, 3.05) is 12.4 Å². The number of rotatable bonds is 3. The van der Waals surface area contributed by atoms with Gasteiger partial charge in [0.05, 0.1) is 17.3 Å². The van der Waals surface area contributed by atoms with Crippen molar-refractivity contribution in [2.45, 2.75) is 6.92 Å². The van der Waals surface area contributed by atoms with Crippen LogP contribution >= 0.6 is 11.3 Å². The summed E-state index contributed by atoms with van der Waals surface area (Å²) in [6, 6.07) is 9.56. The first-order valence-electron chi connectivity index (χ1n) is 6.59. The van der Waals surface area contributed by atoms with Crippen LogP contribution in [0.4, 0.5) is 9.52 Å². The molecule has 1 N–H and O–H groups in total. The van der Waals surface area contributed by atoms with E-state index in [2.05, 4.69) is 10.3 Å². The Morgan fingerprint density at radius 1 is 1.27 bits per heavy atom. The molecule has 6 heteroatoms. The number of benzene rings is 2. The molecule has 0 radical (unpaired) electrons. The van der Waals surface area contributed by atoms with E-state index in [1.165, 1.54) is 23.5 Å². The summed E-state index contributed by atoms with van der Waals surface area (Å²) in [6.07, 6.45) is 0. The molecule has 22 heavy (non-hydrogen) atoms. The number of carbonyl (C=O) groups is 1. The van der Waals surface area contributed by atoms with Gasteiger partial charge in [0, 0.05) is 5.56 Å². The normalized spacial score (nSPS) is 10.7. The van der Waals surface area contributed by atoms with E-state index < -0.39 is 0 Å². The van der Waals surface area contributed by atoms with Crippen molar-refractivity contribution in [3.63, 3.8) is 0 Å². The number of fused-ring (bicyclic) bond motifs is 1. The van der Waals surface area contributed by atoms with Crippen LogP contribution in [-0.4, -0.2) is 18.0 Å². The van der Waals surface area contributed by atoms with E-state index in [0.717, 1.165) is 5.56 Å². The number of nitrogens with zero attached hydrogens (tertiary/aromatic N) is 1. The number of ether oxygens (including phenoxy) is 1. The Balaban J connectivity index is 1.86. The van der Waals surface area contributed by atoms with Gasteiger partial charge in [0.2, 0.25) is 0 Å². The van der Waals surface area contributed by atoms with Crippen molar-refractivity contribution in [1.29, 1.82) is 0 Å². The molecule has 0 spiro atoms. The Labute approximate surface area is 130 Å². The lowest BCUT2D eigenvalue weighted by molar-refractivity contribution is 0.102. The highest BCUT2D eigenvalue weighted by Gasteiger charge is 2.12. The van der Waals surface area contributed by atoms with E-state index in [1.807, 2.05) is 13.0 Å². The molecule has 0 aliphatic rings. The van der Waals surface area contributed by atoms with Crippen molar-refractivity contribution >= 4 is 32.6 Å². The monoisotopic (exact) mass is 316 g/mol. The highest BCUT2D eigenvalue weighted by Crippen LogP contribution is 2.27. The molecular formula is C16H13FN2O2S. The van der Waals surface area contributed by atoms with Gasteiger partial charge in [-0.25, -0.2) is 9.37 Å². The first kappa shape index (κ1) is 14.5. The average molecular weight is 316 g/mol. The highest BCUT2D eigenvalue weighted by molar-refractivity contribution is 7.22. The van der Waals surface area contributed by atoms with Gasteiger partial charge in [-0.05, 0) is 42.8 Å². The topological polar surface area (TPSA) is 51.2 Å². The standard InChI is InChI=1S/C16H13FN2O2S/c1-9-3-4-10(7-13(9)21-2)15(20)19-16-18-12-6-5-11(17)8-14(12)22-16/h3-8H,1-2H3,(H,18,19,20). The fraction of sp³-hybridized carbons (Fsp3) is 0.125. The Bertz CT molecular complexity index is 860. The van der Waals surface area contributed by atoms with Crippen molar-refractivity contribution in [1.82, 2.24) is 4.98 Å². The largest absolute Gasteiger partial charge is 0.496 e. The quantitative estimate of drug-likeness (QED) is 0.794. The Kier molecular flexibility index (Phi) is 3.77. The number of methoxy groups -OCH3 is 1. The number of aryl methyl sites for hydroxylation is 1. The van der Waals surface area contributed by atoms with E-state index >= 15 is 0 Å². The third-order valence-corrected chi connectivity index (χ3v) is 4.17. The summed E-state index contributed by atoms with van der Waals surface area (Å²) < 4.78 is 19.1. The first-order chi connectivity index (χ1) is 10.6. The summed E-state index contributed by atoms with van der Waals surface area (Å²) in [6.45, 7) is 1.91. The minimum absolute atomic E-state index is 0.280. The Morgan fingerprint density at radius 3 is 2.86 bits per heavy atom. The van der Waals surface area contributed by atoms with E-state index in [-0.39, 0.29) is 11.7 Å². The van der Waals surface area contributed by atoms with Crippen LogP contribution in [0.3, 0.4) is 0 Å². The van der Waals surface area contributed by atoms with Crippen molar-refractivity contribution in [2.24, 2.45) is 0 Å². The molecule has 0 aliphatic heterocycles. The fourth-order valence-electron chi connectivity index (χ4n) is 2.08. The number of amides is 1. The molecule has 4 nitrogen and oxygen atoms in total. The highest BCUT2D eigenvalue weighted by atomic mass is 32.1. The molecule has 0 saturated carbocycles. The van der Waals surface area contributed by atoms with Gasteiger partial charge in [0.25, 0.3) is 5.91 Å². The second-order valence-corrected chi connectivity index (χ2v) is 5.80. The summed E-state index contributed by atoms with van der Waals surface area (Å²) in [7, 11) is 1.56. The number of carbonyl (C=O) groups excluding carboxylic acids is 1. The summed E-state index contributed by atoms with van der Waals surface area (Å²) in [5, 5.41) is 3.16. The molecule has 112 valence electrons. The van der Waals surface area contributed by atoms with Gasteiger partial charge < -0.3 is 4.74 Å². The van der Waals surface area contributed by atoms with Gasteiger partial charge in [0.15, 0.2) is 5.13 Å². The van der Waals surface area contributed by atoms with Gasteiger partial charge in [0.1, 0.15) is 11.6 Å². The van der Waals surface area contributed by atoms with Crippen LogP contribution in [0.5, 0.6) is 5.75 Å². The minimum atomic E-state index is -0.322. The summed E-state index contributed by atoms with van der Waals surface area (Å²) in [5.74, 6) is 0.0501. The van der Waals surface area contributed by atoms with E-state index in [0.29, 0.717) is 26.7 Å². The third-order valence-electron chi connectivity index (χ3n) is 3.24. The van der Waals surface area contributed by atoms with Gasteiger partial charge in [-0.2, -0.15) is 0 Å². The molecule has 0 aliphatic carbocycles. The second-order valence-electron chi connectivity index (χ2n) is 4.77. The van der Waals surface area contributed by atoms with Gasteiger partial charge >= 0.3 is 0 Å². The van der Waals surface area contributed by atoms with E-state index in [4.69, 9.17) is 4.74 Å².